The number of hydrogen-bond acceptors (Lipinski definition) is 3. The molecule has 0 fully saturated rings. The van der Waals surface area contributed by atoms with E-state index in [0.29, 0.717) is 0 Å². The minimum absolute atomic E-state index is 0.740. The number of imidazole rings is 1. The fourth-order valence-corrected chi connectivity index (χ4v) is 1.74. The van der Waals surface area contributed by atoms with Crippen LogP contribution in [0.15, 0.2) is 31.2 Å². The zero-order valence-corrected chi connectivity index (χ0v) is 10.2. The van der Waals surface area contributed by atoms with Gasteiger partial charge in [-0.1, -0.05) is 13.0 Å². The Balaban J connectivity index is 2.24. The van der Waals surface area contributed by atoms with Gasteiger partial charge >= 0.3 is 0 Å². The van der Waals surface area contributed by atoms with Crippen molar-refractivity contribution in [2.45, 2.75) is 19.9 Å². The minimum atomic E-state index is 0.740. The van der Waals surface area contributed by atoms with Crippen LogP contribution in [-0.2, 0) is 20.0 Å². The molecule has 0 saturated heterocycles. The zero-order chi connectivity index (χ0) is 12.3. The molecule has 0 aromatic carbocycles. The van der Waals surface area contributed by atoms with Crippen LogP contribution in [0.2, 0.25) is 0 Å². The number of allylic oxidation sites excluding steroid dienone is 1. The molecule has 17 heavy (non-hydrogen) atoms. The Morgan fingerprint density at radius 3 is 3.06 bits per heavy atom. The highest BCUT2D eigenvalue weighted by atomic mass is 15.3. The fraction of sp³-hybridized carbons (Fsp3) is 0.333. The summed E-state index contributed by atoms with van der Waals surface area (Å²) in [5.74, 6) is 0.813. The molecule has 0 bridgehead atoms. The van der Waals surface area contributed by atoms with Gasteiger partial charge in [-0.2, -0.15) is 5.10 Å². The van der Waals surface area contributed by atoms with Gasteiger partial charge in [0, 0.05) is 32.2 Å². The van der Waals surface area contributed by atoms with Crippen LogP contribution in [0.4, 0.5) is 11.6 Å². The smallest absolute Gasteiger partial charge is 0.207 e. The molecule has 5 heteroatoms. The van der Waals surface area contributed by atoms with Crippen molar-refractivity contribution < 1.29 is 0 Å². The molecule has 1 N–H and O–H groups in total. The summed E-state index contributed by atoms with van der Waals surface area (Å²) in [6.07, 6.45) is 8.40. The van der Waals surface area contributed by atoms with E-state index in [9.17, 15) is 0 Å². The van der Waals surface area contributed by atoms with E-state index in [-0.39, 0.29) is 0 Å². The van der Waals surface area contributed by atoms with Gasteiger partial charge in [0.2, 0.25) is 5.95 Å². The maximum atomic E-state index is 4.38. The molecule has 2 rings (SSSR count). The third-order valence-corrected chi connectivity index (χ3v) is 2.53. The van der Waals surface area contributed by atoms with Gasteiger partial charge in [0.05, 0.1) is 11.4 Å². The molecule has 0 spiro atoms. The molecular formula is C12H17N5. The Labute approximate surface area is 101 Å². The standard InChI is InChI=1S/C12H17N5/c1-4-7-17-8-6-13-12(17)14-11-9-16(3)15-10(11)5-2/h4,6,8-9H,1,5,7H2,2-3H3,(H,13,14). The van der Waals surface area contributed by atoms with Gasteiger partial charge < -0.3 is 9.88 Å². The van der Waals surface area contributed by atoms with E-state index in [0.717, 1.165) is 30.3 Å². The minimum Gasteiger partial charge on any atom is -0.323 e. The molecule has 0 atom stereocenters. The molecule has 0 radical (unpaired) electrons. The van der Waals surface area contributed by atoms with E-state index < -0.39 is 0 Å². The van der Waals surface area contributed by atoms with Crippen molar-refractivity contribution in [1.82, 2.24) is 19.3 Å². The van der Waals surface area contributed by atoms with Gasteiger partial charge in [-0.3, -0.25) is 4.68 Å². The molecule has 90 valence electrons. The average molecular weight is 231 g/mol. The van der Waals surface area contributed by atoms with Crippen LogP contribution < -0.4 is 5.32 Å². The van der Waals surface area contributed by atoms with Gasteiger partial charge in [0.1, 0.15) is 0 Å². The number of hydrogen-bond donors (Lipinski definition) is 1. The summed E-state index contributed by atoms with van der Waals surface area (Å²) in [6, 6.07) is 0. The Morgan fingerprint density at radius 2 is 2.35 bits per heavy atom. The largest absolute Gasteiger partial charge is 0.323 e. The summed E-state index contributed by atoms with van der Waals surface area (Å²) >= 11 is 0. The summed E-state index contributed by atoms with van der Waals surface area (Å²) in [5, 5.41) is 7.68. The highest BCUT2D eigenvalue weighted by Gasteiger charge is 2.08. The van der Waals surface area contributed by atoms with Crippen molar-refractivity contribution >= 4 is 11.6 Å². The van der Waals surface area contributed by atoms with Gasteiger partial charge in [-0.25, -0.2) is 4.98 Å². The average Bonchev–Trinajstić information content (AvgIpc) is 2.87. The van der Waals surface area contributed by atoms with Crippen molar-refractivity contribution in [3.05, 3.63) is 36.9 Å². The van der Waals surface area contributed by atoms with Crippen molar-refractivity contribution in [2.75, 3.05) is 5.32 Å². The maximum Gasteiger partial charge on any atom is 0.207 e. The second kappa shape index (κ2) is 4.86. The highest BCUT2D eigenvalue weighted by molar-refractivity contribution is 5.55. The molecular weight excluding hydrogens is 214 g/mol. The van der Waals surface area contributed by atoms with Crippen LogP contribution in [0.5, 0.6) is 0 Å². The first kappa shape index (κ1) is 11.4. The normalized spacial score (nSPS) is 10.5. The number of anilines is 2. The van der Waals surface area contributed by atoms with E-state index in [2.05, 4.69) is 28.9 Å². The predicted molar refractivity (Wildman–Crippen MR) is 68.3 cm³/mol. The summed E-state index contributed by atoms with van der Waals surface area (Å²) in [4.78, 5) is 4.28. The number of rotatable bonds is 5. The number of aromatic nitrogens is 4. The van der Waals surface area contributed by atoms with E-state index in [4.69, 9.17) is 0 Å². The van der Waals surface area contributed by atoms with Crippen molar-refractivity contribution in [2.24, 2.45) is 7.05 Å². The topological polar surface area (TPSA) is 47.7 Å². The molecule has 2 aromatic rings. The Bertz CT molecular complexity index is 509. The third-order valence-electron chi connectivity index (χ3n) is 2.53. The first-order valence-electron chi connectivity index (χ1n) is 5.66. The van der Waals surface area contributed by atoms with Crippen molar-refractivity contribution in [3.63, 3.8) is 0 Å². The fourth-order valence-electron chi connectivity index (χ4n) is 1.74. The van der Waals surface area contributed by atoms with Crippen LogP contribution >= 0.6 is 0 Å². The zero-order valence-electron chi connectivity index (χ0n) is 10.2. The van der Waals surface area contributed by atoms with Gasteiger partial charge in [-0.05, 0) is 6.42 Å². The molecule has 0 aliphatic carbocycles. The number of nitrogens with zero attached hydrogens (tertiary/aromatic N) is 4. The van der Waals surface area contributed by atoms with Crippen LogP contribution in [0.25, 0.3) is 0 Å². The molecule has 0 saturated carbocycles. The van der Waals surface area contributed by atoms with Gasteiger partial charge in [0.15, 0.2) is 0 Å². The van der Waals surface area contributed by atoms with Crippen LogP contribution in [0, 0.1) is 0 Å². The molecule has 2 aromatic heterocycles. The lowest BCUT2D eigenvalue weighted by Gasteiger charge is -2.07. The lowest BCUT2D eigenvalue weighted by Crippen LogP contribution is -2.02. The Morgan fingerprint density at radius 1 is 1.53 bits per heavy atom. The second-order valence-electron chi connectivity index (χ2n) is 3.83. The van der Waals surface area contributed by atoms with Gasteiger partial charge in [-0.15, -0.1) is 6.58 Å². The van der Waals surface area contributed by atoms with E-state index in [1.807, 2.05) is 34.8 Å². The maximum absolute atomic E-state index is 4.38. The van der Waals surface area contributed by atoms with E-state index in [1.54, 1.807) is 6.20 Å². The summed E-state index contributed by atoms with van der Waals surface area (Å²) < 4.78 is 3.81. The lowest BCUT2D eigenvalue weighted by atomic mass is 10.3. The first-order valence-corrected chi connectivity index (χ1v) is 5.66. The Kier molecular flexibility index (Phi) is 3.27. The lowest BCUT2D eigenvalue weighted by molar-refractivity contribution is 0.746. The van der Waals surface area contributed by atoms with E-state index in [1.165, 1.54) is 0 Å². The second-order valence-corrected chi connectivity index (χ2v) is 3.83. The van der Waals surface area contributed by atoms with E-state index >= 15 is 0 Å². The summed E-state index contributed by atoms with van der Waals surface area (Å²) in [6.45, 7) is 6.56. The quantitative estimate of drug-likeness (QED) is 0.802. The molecule has 0 unspecified atom stereocenters. The summed E-state index contributed by atoms with van der Waals surface area (Å²) in [5.41, 5.74) is 2.05. The first-order chi connectivity index (χ1) is 8.24. The predicted octanol–water partition coefficient (Wildman–Crippen LogP) is 2.11. The number of nitrogens with one attached hydrogen (secondary N) is 1. The number of aryl methyl sites for hydroxylation is 2. The molecule has 2 heterocycles. The molecule has 5 nitrogen and oxygen atoms in total. The van der Waals surface area contributed by atoms with Crippen molar-refractivity contribution in [3.8, 4) is 0 Å². The highest BCUT2D eigenvalue weighted by Crippen LogP contribution is 2.19. The van der Waals surface area contributed by atoms with Crippen molar-refractivity contribution in [1.29, 1.82) is 0 Å². The summed E-state index contributed by atoms with van der Waals surface area (Å²) in [7, 11) is 1.92. The van der Waals surface area contributed by atoms with Crippen LogP contribution in [0.1, 0.15) is 12.6 Å². The monoisotopic (exact) mass is 231 g/mol. The third kappa shape index (κ3) is 2.38. The van der Waals surface area contributed by atoms with Crippen LogP contribution in [0.3, 0.4) is 0 Å². The van der Waals surface area contributed by atoms with Gasteiger partial charge in [0.25, 0.3) is 0 Å². The molecule has 0 aliphatic heterocycles. The van der Waals surface area contributed by atoms with Crippen LogP contribution in [-0.4, -0.2) is 19.3 Å². The SMILES string of the molecule is C=CCn1ccnc1Nc1cn(C)nc1CC. The molecule has 0 aliphatic rings. The Hall–Kier alpha value is -2.04. The molecule has 0 amide bonds.